The number of hydrogen-bond acceptors (Lipinski definition) is 6. The summed E-state index contributed by atoms with van der Waals surface area (Å²) < 4.78 is 6.58. The van der Waals surface area contributed by atoms with Crippen molar-refractivity contribution in [2.24, 2.45) is 5.92 Å². The van der Waals surface area contributed by atoms with E-state index in [1.165, 1.54) is 0 Å². The van der Waals surface area contributed by atoms with Gasteiger partial charge in [0.05, 0.1) is 19.1 Å². The van der Waals surface area contributed by atoms with Crippen LogP contribution < -0.4 is 15.4 Å². The summed E-state index contributed by atoms with van der Waals surface area (Å²) in [5.74, 6) is 0.526. The molecule has 0 spiro atoms. The Morgan fingerprint density at radius 3 is 2.56 bits per heavy atom. The van der Waals surface area contributed by atoms with E-state index in [1.807, 2.05) is 50.4 Å². The van der Waals surface area contributed by atoms with Gasteiger partial charge in [0.1, 0.15) is 11.9 Å². The fraction of sp³-hybridized carbons (Fsp3) is 0.367. The highest BCUT2D eigenvalue weighted by Gasteiger charge is 2.31. The van der Waals surface area contributed by atoms with E-state index in [0.717, 1.165) is 12.1 Å². The highest BCUT2D eigenvalue weighted by Crippen LogP contribution is 2.29. The molecular weight excluding hydrogens is 494 g/mol. The van der Waals surface area contributed by atoms with Crippen molar-refractivity contribution < 1.29 is 19.4 Å². The normalized spacial score (nSPS) is 18.3. The summed E-state index contributed by atoms with van der Waals surface area (Å²) >= 11 is 0. The minimum Gasteiger partial charge on any atom is -0.488 e. The van der Waals surface area contributed by atoms with Gasteiger partial charge in [-0.1, -0.05) is 25.1 Å². The first-order valence-electron chi connectivity index (χ1n) is 13.2. The molecule has 39 heavy (non-hydrogen) atoms. The van der Waals surface area contributed by atoms with Crippen LogP contribution in [0, 0.1) is 5.92 Å². The number of pyridine rings is 1. The van der Waals surface area contributed by atoms with Gasteiger partial charge in [0.2, 0.25) is 5.91 Å². The number of urea groups is 1. The number of para-hydroxylation sites is 1. The highest BCUT2D eigenvalue weighted by atomic mass is 16.5. The van der Waals surface area contributed by atoms with Crippen LogP contribution in [0.25, 0.3) is 0 Å². The number of anilines is 2. The molecule has 0 saturated heterocycles. The quantitative estimate of drug-likeness (QED) is 0.406. The number of ether oxygens (including phenoxy) is 1. The number of fused-ring (bicyclic) bond motifs is 1. The lowest BCUT2D eigenvalue weighted by atomic mass is 10.0. The number of aromatic nitrogens is 1. The number of likely N-dealkylation sites (N-methyl/N-ethyl adjacent to an activating group) is 1. The van der Waals surface area contributed by atoms with Gasteiger partial charge in [-0.05, 0) is 62.0 Å². The second-order valence-corrected chi connectivity index (χ2v) is 10.2. The molecule has 0 saturated carbocycles. The minimum absolute atomic E-state index is 0.00300. The topological polar surface area (TPSA) is 107 Å². The zero-order chi connectivity index (χ0) is 27.8. The van der Waals surface area contributed by atoms with E-state index in [9.17, 15) is 14.7 Å². The van der Waals surface area contributed by atoms with E-state index in [1.54, 1.807) is 41.6 Å². The molecular formula is C30H37N5O4. The smallest absolute Gasteiger partial charge is 0.323 e. The van der Waals surface area contributed by atoms with Crippen LogP contribution in [0.2, 0.25) is 0 Å². The van der Waals surface area contributed by atoms with Crippen LogP contribution in [0.1, 0.15) is 25.0 Å². The first kappa shape index (κ1) is 28.1. The maximum absolute atomic E-state index is 13.4. The third-order valence-electron chi connectivity index (χ3n) is 6.90. The van der Waals surface area contributed by atoms with Crippen molar-refractivity contribution in [3.05, 3.63) is 84.2 Å². The monoisotopic (exact) mass is 531 g/mol. The number of benzene rings is 2. The van der Waals surface area contributed by atoms with Gasteiger partial charge in [-0.25, -0.2) is 4.79 Å². The van der Waals surface area contributed by atoms with E-state index in [0.29, 0.717) is 35.8 Å². The fourth-order valence-corrected chi connectivity index (χ4v) is 4.71. The number of hydrogen-bond donors (Lipinski definition) is 3. The first-order chi connectivity index (χ1) is 18.8. The van der Waals surface area contributed by atoms with Crippen molar-refractivity contribution in [1.29, 1.82) is 0 Å². The van der Waals surface area contributed by atoms with Gasteiger partial charge in [-0.2, -0.15) is 0 Å². The van der Waals surface area contributed by atoms with Gasteiger partial charge in [0, 0.05) is 54.9 Å². The first-order valence-corrected chi connectivity index (χ1v) is 13.2. The lowest BCUT2D eigenvalue weighted by Gasteiger charge is -2.34. The largest absolute Gasteiger partial charge is 0.488 e. The molecule has 1 aliphatic heterocycles. The number of aliphatic hydroxyl groups excluding tert-OH is 1. The molecule has 9 nitrogen and oxygen atoms in total. The summed E-state index contributed by atoms with van der Waals surface area (Å²) in [5, 5.41) is 15.5. The molecule has 0 fully saturated rings. The van der Waals surface area contributed by atoms with Gasteiger partial charge < -0.3 is 25.4 Å². The van der Waals surface area contributed by atoms with Crippen molar-refractivity contribution in [3.63, 3.8) is 0 Å². The number of aliphatic hydroxyl groups is 1. The van der Waals surface area contributed by atoms with Crippen LogP contribution in [0.15, 0.2) is 73.1 Å². The lowest BCUT2D eigenvalue weighted by molar-refractivity contribution is -0.134. The molecule has 9 heteroatoms. The average Bonchev–Trinajstić information content (AvgIpc) is 2.97. The molecule has 0 aliphatic carbocycles. The molecule has 1 aliphatic rings. The zero-order valence-electron chi connectivity index (χ0n) is 22.7. The Kier molecular flexibility index (Phi) is 9.51. The molecule has 0 radical (unpaired) electrons. The van der Waals surface area contributed by atoms with Crippen LogP contribution in [-0.2, 0) is 17.8 Å². The summed E-state index contributed by atoms with van der Waals surface area (Å²) in [7, 11) is 2.04. The average molecular weight is 532 g/mol. The lowest BCUT2D eigenvalue weighted by Crippen LogP contribution is -2.47. The van der Waals surface area contributed by atoms with Gasteiger partial charge in [-0.3, -0.25) is 14.7 Å². The number of carbonyl (C=O) groups is 2. The summed E-state index contributed by atoms with van der Waals surface area (Å²) in [6.07, 6.45) is 3.45. The molecule has 206 valence electrons. The van der Waals surface area contributed by atoms with Gasteiger partial charge in [0.15, 0.2) is 0 Å². The number of carbonyl (C=O) groups excluding carboxylic acids is 2. The summed E-state index contributed by atoms with van der Waals surface area (Å²) in [5.41, 5.74) is 3.07. The van der Waals surface area contributed by atoms with Crippen molar-refractivity contribution in [3.8, 4) is 5.75 Å². The Morgan fingerprint density at radius 1 is 1.13 bits per heavy atom. The highest BCUT2D eigenvalue weighted by molar-refractivity contribution is 5.99. The van der Waals surface area contributed by atoms with Crippen LogP contribution >= 0.6 is 0 Å². The maximum atomic E-state index is 13.4. The molecule has 3 N–H and O–H groups in total. The number of nitrogens with zero attached hydrogens (tertiary/aromatic N) is 3. The minimum atomic E-state index is -0.378. The Balaban J connectivity index is 1.56. The summed E-state index contributed by atoms with van der Waals surface area (Å²) in [6, 6.07) is 17.8. The van der Waals surface area contributed by atoms with Crippen molar-refractivity contribution in [2.75, 3.05) is 37.4 Å². The second kappa shape index (κ2) is 13.2. The summed E-state index contributed by atoms with van der Waals surface area (Å²) in [4.78, 5) is 34.0. The van der Waals surface area contributed by atoms with Gasteiger partial charge >= 0.3 is 6.03 Å². The molecule has 4 rings (SSSR count). The van der Waals surface area contributed by atoms with Crippen LogP contribution in [0.3, 0.4) is 0 Å². The number of rotatable bonds is 8. The van der Waals surface area contributed by atoms with Crippen LogP contribution in [0.4, 0.5) is 16.2 Å². The Labute approximate surface area is 229 Å². The summed E-state index contributed by atoms with van der Waals surface area (Å²) in [6.45, 7) is 5.63. The standard InChI is InChI=1S/C30H37N5O4/c1-21-17-35(22(2)20-36)29(37)16-24-15-26(33-30(38)32-25-7-5-4-6-8-25)9-10-27(24)39-28(21)19-34(3)18-23-11-13-31-14-12-23/h4-15,21-22,28,36H,16-20H2,1-3H3,(H2,32,33,38). The van der Waals surface area contributed by atoms with Crippen molar-refractivity contribution >= 4 is 23.3 Å². The molecule has 2 heterocycles. The molecule has 2 aromatic carbocycles. The van der Waals surface area contributed by atoms with Gasteiger partial charge in [-0.15, -0.1) is 0 Å². The van der Waals surface area contributed by atoms with Crippen LogP contribution in [-0.4, -0.2) is 70.7 Å². The predicted octanol–water partition coefficient (Wildman–Crippen LogP) is 4.01. The number of amides is 3. The van der Waals surface area contributed by atoms with Crippen molar-refractivity contribution in [2.45, 2.75) is 39.0 Å². The van der Waals surface area contributed by atoms with E-state index in [4.69, 9.17) is 4.74 Å². The molecule has 3 aromatic rings. The zero-order valence-corrected chi connectivity index (χ0v) is 22.7. The number of nitrogens with one attached hydrogen (secondary N) is 2. The third-order valence-corrected chi connectivity index (χ3v) is 6.90. The molecule has 3 unspecified atom stereocenters. The fourth-order valence-electron chi connectivity index (χ4n) is 4.71. The molecule has 3 atom stereocenters. The Morgan fingerprint density at radius 2 is 1.85 bits per heavy atom. The molecule has 1 aromatic heterocycles. The van der Waals surface area contributed by atoms with E-state index in [2.05, 4.69) is 27.4 Å². The molecule has 0 bridgehead atoms. The Bertz CT molecular complexity index is 1240. The van der Waals surface area contributed by atoms with Gasteiger partial charge in [0.25, 0.3) is 0 Å². The Hall–Kier alpha value is -3.95. The second-order valence-electron chi connectivity index (χ2n) is 10.2. The van der Waals surface area contributed by atoms with Crippen molar-refractivity contribution in [1.82, 2.24) is 14.8 Å². The van der Waals surface area contributed by atoms with E-state index in [-0.39, 0.29) is 43.0 Å². The maximum Gasteiger partial charge on any atom is 0.323 e. The molecule has 3 amide bonds. The van der Waals surface area contributed by atoms with E-state index < -0.39 is 0 Å². The van der Waals surface area contributed by atoms with E-state index >= 15 is 0 Å². The predicted molar refractivity (Wildman–Crippen MR) is 152 cm³/mol. The third kappa shape index (κ3) is 7.78. The van der Waals surface area contributed by atoms with Crippen LogP contribution in [0.5, 0.6) is 5.75 Å². The SMILES string of the molecule is CC1CN(C(C)CO)C(=O)Cc2cc(NC(=O)Nc3ccccc3)ccc2OC1CN(C)Cc1ccncc1.